The van der Waals surface area contributed by atoms with E-state index in [1.54, 1.807) is 0 Å². The molecule has 0 saturated heterocycles. The van der Waals surface area contributed by atoms with Gasteiger partial charge in [-0.1, -0.05) is 60.7 Å². The quantitative estimate of drug-likeness (QED) is 0.295. The van der Waals surface area contributed by atoms with Crippen LogP contribution in [0.5, 0.6) is 0 Å². The highest BCUT2D eigenvalue weighted by atomic mass is 16.3. The summed E-state index contributed by atoms with van der Waals surface area (Å²) in [4.78, 5) is 11.7. The third-order valence-corrected chi connectivity index (χ3v) is 6.53. The standard InChI is InChI=1S/C28H23N3O2/c32-15-23-25(19-9-3-5-11-21(19)30-23)27(28-18-8-2-1-7-17(18)13-14-29-28)26-20-10-4-6-12-22(20)31-24(26)16-33/h1-14,27,30-33H,15-16H2. The summed E-state index contributed by atoms with van der Waals surface area (Å²) in [6.45, 7) is -0.246. The van der Waals surface area contributed by atoms with E-state index in [4.69, 9.17) is 4.98 Å². The van der Waals surface area contributed by atoms with Crippen molar-refractivity contribution >= 4 is 32.6 Å². The number of fused-ring (bicyclic) bond motifs is 3. The van der Waals surface area contributed by atoms with Gasteiger partial charge in [-0.3, -0.25) is 4.98 Å². The number of aromatic nitrogens is 3. The lowest BCUT2D eigenvalue weighted by Crippen LogP contribution is -2.10. The summed E-state index contributed by atoms with van der Waals surface area (Å²) in [6.07, 6.45) is 1.84. The lowest BCUT2D eigenvalue weighted by atomic mass is 9.83. The summed E-state index contributed by atoms with van der Waals surface area (Å²) < 4.78 is 0. The van der Waals surface area contributed by atoms with Crippen LogP contribution in [0.25, 0.3) is 32.6 Å². The van der Waals surface area contributed by atoms with Gasteiger partial charge in [0.2, 0.25) is 0 Å². The SMILES string of the molecule is OCc1[nH]c2ccccc2c1C(c1nccc2ccccc12)c1c(CO)[nH]c2ccccc12. The highest BCUT2D eigenvalue weighted by Crippen LogP contribution is 2.44. The molecule has 5 heteroatoms. The van der Waals surface area contributed by atoms with Crippen molar-refractivity contribution in [3.05, 3.63) is 113 Å². The summed E-state index contributed by atoms with van der Waals surface area (Å²) in [5.41, 5.74) is 6.30. The summed E-state index contributed by atoms with van der Waals surface area (Å²) in [6, 6.07) is 26.4. The van der Waals surface area contributed by atoms with Gasteiger partial charge in [0.05, 0.1) is 24.8 Å². The minimum Gasteiger partial charge on any atom is -0.390 e. The van der Waals surface area contributed by atoms with Crippen LogP contribution >= 0.6 is 0 Å². The number of hydrogen-bond donors (Lipinski definition) is 4. The van der Waals surface area contributed by atoms with Crippen molar-refractivity contribution in [2.45, 2.75) is 19.1 Å². The van der Waals surface area contributed by atoms with E-state index < -0.39 is 0 Å². The van der Waals surface area contributed by atoms with Gasteiger partial charge in [0, 0.05) is 44.8 Å². The molecule has 0 atom stereocenters. The number of H-pyrrole nitrogens is 2. The predicted octanol–water partition coefficient (Wildman–Crippen LogP) is 5.36. The number of aliphatic hydroxyl groups excluding tert-OH is 2. The van der Waals surface area contributed by atoms with Gasteiger partial charge >= 0.3 is 0 Å². The van der Waals surface area contributed by atoms with E-state index in [0.717, 1.165) is 60.8 Å². The fraction of sp³-hybridized carbons (Fsp3) is 0.107. The highest BCUT2D eigenvalue weighted by molar-refractivity contribution is 5.93. The molecule has 0 fully saturated rings. The molecule has 0 aliphatic rings. The topological polar surface area (TPSA) is 84.9 Å². The average Bonchev–Trinajstić information content (AvgIpc) is 3.43. The summed E-state index contributed by atoms with van der Waals surface area (Å²) >= 11 is 0. The number of nitrogens with zero attached hydrogens (tertiary/aromatic N) is 1. The third-order valence-electron chi connectivity index (χ3n) is 6.53. The molecule has 3 aromatic heterocycles. The number of benzene rings is 3. The first-order valence-corrected chi connectivity index (χ1v) is 11.0. The van der Waals surface area contributed by atoms with E-state index in [1.807, 2.05) is 60.8 Å². The molecule has 162 valence electrons. The first-order valence-electron chi connectivity index (χ1n) is 11.0. The van der Waals surface area contributed by atoms with Crippen molar-refractivity contribution in [1.29, 1.82) is 0 Å². The molecular weight excluding hydrogens is 410 g/mol. The van der Waals surface area contributed by atoms with E-state index in [0.29, 0.717) is 0 Å². The Bertz CT molecular complexity index is 1530. The highest BCUT2D eigenvalue weighted by Gasteiger charge is 2.30. The number of aliphatic hydroxyl groups is 2. The molecule has 4 N–H and O–H groups in total. The second-order valence-corrected chi connectivity index (χ2v) is 8.29. The van der Waals surface area contributed by atoms with Gasteiger partial charge in [0.25, 0.3) is 0 Å². The van der Waals surface area contributed by atoms with Gasteiger partial charge in [-0.05, 0) is 34.7 Å². The maximum atomic E-state index is 10.4. The van der Waals surface area contributed by atoms with Crippen molar-refractivity contribution < 1.29 is 10.2 Å². The van der Waals surface area contributed by atoms with Crippen LogP contribution in [0.4, 0.5) is 0 Å². The van der Waals surface area contributed by atoms with Crippen LogP contribution in [-0.2, 0) is 13.2 Å². The Morgan fingerprint density at radius 1 is 0.636 bits per heavy atom. The fourth-order valence-corrected chi connectivity index (χ4v) is 5.14. The second-order valence-electron chi connectivity index (χ2n) is 8.29. The van der Waals surface area contributed by atoms with Crippen LogP contribution in [0.2, 0.25) is 0 Å². The van der Waals surface area contributed by atoms with Crippen LogP contribution in [-0.4, -0.2) is 25.2 Å². The zero-order valence-corrected chi connectivity index (χ0v) is 17.9. The molecule has 0 saturated carbocycles. The molecule has 3 aromatic carbocycles. The van der Waals surface area contributed by atoms with E-state index in [-0.39, 0.29) is 19.1 Å². The zero-order valence-electron chi connectivity index (χ0n) is 17.9. The summed E-state index contributed by atoms with van der Waals surface area (Å²) in [5.74, 6) is -0.298. The van der Waals surface area contributed by atoms with Gasteiger partial charge < -0.3 is 20.2 Å². The van der Waals surface area contributed by atoms with Crippen LogP contribution in [0, 0.1) is 0 Å². The Hall–Kier alpha value is -3.93. The molecule has 6 aromatic rings. The minimum atomic E-state index is -0.298. The normalized spacial score (nSPS) is 11.8. The molecule has 0 bridgehead atoms. The number of hydrogen-bond acceptors (Lipinski definition) is 3. The largest absolute Gasteiger partial charge is 0.390 e. The first-order chi connectivity index (χ1) is 16.3. The number of aromatic amines is 2. The second kappa shape index (κ2) is 7.89. The lowest BCUT2D eigenvalue weighted by molar-refractivity contribution is 0.275. The van der Waals surface area contributed by atoms with E-state index in [9.17, 15) is 10.2 Å². The molecule has 33 heavy (non-hydrogen) atoms. The number of para-hydroxylation sites is 2. The van der Waals surface area contributed by atoms with Gasteiger partial charge in [0.15, 0.2) is 0 Å². The fourth-order valence-electron chi connectivity index (χ4n) is 5.14. The zero-order chi connectivity index (χ0) is 22.4. The lowest BCUT2D eigenvalue weighted by Gasteiger charge is -2.21. The molecule has 0 spiro atoms. The van der Waals surface area contributed by atoms with Gasteiger partial charge in [0.1, 0.15) is 0 Å². The van der Waals surface area contributed by atoms with Crippen LogP contribution in [0.1, 0.15) is 34.1 Å². The maximum absolute atomic E-state index is 10.4. The van der Waals surface area contributed by atoms with E-state index in [1.165, 1.54) is 0 Å². The molecular formula is C28H23N3O2. The molecule has 0 aliphatic heterocycles. The van der Waals surface area contributed by atoms with Crippen LogP contribution in [0.3, 0.4) is 0 Å². The molecule has 5 nitrogen and oxygen atoms in total. The molecule has 0 unspecified atom stereocenters. The number of nitrogens with one attached hydrogen (secondary N) is 2. The van der Waals surface area contributed by atoms with Crippen molar-refractivity contribution in [1.82, 2.24) is 15.0 Å². The maximum Gasteiger partial charge on any atom is 0.0834 e. The predicted molar refractivity (Wildman–Crippen MR) is 131 cm³/mol. The van der Waals surface area contributed by atoms with Crippen molar-refractivity contribution in [2.24, 2.45) is 0 Å². The average molecular weight is 434 g/mol. The van der Waals surface area contributed by atoms with Crippen LogP contribution in [0.15, 0.2) is 85.1 Å². The molecule has 0 aliphatic carbocycles. The van der Waals surface area contributed by atoms with E-state index in [2.05, 4.69) is 34.2 Å². The van der Waals surface area contributed by atoms with Crippen LogP contribution < -0.4 is 0 Å². The van der Waals surface area contributed by atoms with Gasteiger partial charge in [-0.15, -0.1) is 0 Å². The molecule has 0 radical (unpaired) electrons. The Labute approximate surface area is 190 Å². The molecule has 6 rings (SSSR count). The van der Waals surface area contributed by atoms with Crippen molar-refractivity contribution in [3.8, 4) is 0 Å². The Morgan fingerprint density at radius 2 is 1.15 bits per heavy atom. The minimum absolute atomic E-state index is 0.123. The third kappa shape index (κ3) is 3.05. The summed E-state index contributed by atoms with van der Waals surface area (Å²) in [7, 11) is 0. The Morgan fingerprint density at radius 3 is 1.73 bits per heavy atom. The number of pyridine rings is 1. The van der Waals surface area contributed by atoms with Crippen molar-refractivity contribution in [3.63, 3.8) is 0 Å². The monoisotopic (exact) mass is 433 g/mol. The first kappa shape index (κ1) is 19.7. The van der Waals surface area contributed by atoms with Gasteiger partial charge in [-0.2, -0.15) is 0 Å². The van der Waals surface area contributed by atoms with E-state index >= 15 is 0 Å². The van der Waals surface area contributed by atoms with Gasteiger partial charge in [-0.25, -0.2) is 0 Å². The van der Waals surface area contributed by atoms with Crippen molar-refractivity contribution in [2.75, 3.05) is 0 Å². The Balaban J connectivity index is 1.78. The molecule has 0 amide bonds. The smallest absolute Gasteiger partial charge is 0.0834 e. The Kier molecular flexibility index (Phi) is 4.72. The summed E-state index contributed by atoms with van der Waals surface area (Å²) in [5, 5.41) is 24.9. The molecule has 3 heterocycles. The number of rotatable bonds is 5.